The molecule has 0 saturated heterocycles. The standard InChI is InChI=1S/C49H56FN13O10S.C4H11N/c1-29(45(67)61-63(27-32-11-15-34(50)16-12-32)74(72,73)62-42(47(69)55-25-43(52)65)20-30-7-3-2-4-8-30)58-48(70)40(21-33-23-54-39-10-6-5-9-37(33)39)60-49(71)41(22-35-24-53-28-57-35)59-44(66)26-56-46(68)38(51)19-31-13-17-36(64)18-14-31;1-2-3-4-5/h2-18,23-24,28-29,38,40-42,54,62,64H,19-22,25-27,51H2,1H3,(H2,52,65)(H,53,57)(H,55,69)(H,56,68)(H,58,70)(H,59,66)(H,60,71)(H,61,67);2-5H2,1H3/t29?,38?,40?,41?,42-;/m1./s1. The van der Waals surface area contributed by atoms with Crippen LogP contribution in [0.4, 0.5) is 4.39 Å². The van der Waals surface area contributed by atoms with Gasteiger partial charge in [-0.1, -0.05) is 90.6 Å². The number of halogens is 1. The van der Waals surface area contributed by atoms with E-state index in [2.05, 4.69) is 58.6 Å². The molecule has 16 N–H and O–H groups in total. The lowest BCUT2D eigenvalue weighted by Crippen LogP contribution is -2.60. The molecule has 2 heterocycles. The van der Waals surface area contributed by atoms with Crippen molar-refractivity contribution in [3.8, 4) is 5.75 Å². The molecule has 5 atom stereocenters. The third-order valence-electron chi connectivity index (χ3n) is 11.9. The number of benzene rings is 4. The zero-order valence-electron chi connectivity index (χ0n) is 43.5. The average Bonchev–Trinajstić information content (AvgIpc) is 4.16. The SMILES string of the molecule is CC(NC(=O)C(Cc1c[nH]c2ccccc12)NC(=O)C(Cc1cnc[nH]1)NC(=O)CNC(=O)C(N)Cc1ccc(O)cc1)C(=O)NN(Cc1ccc(F)cc1)S(=O)(=O)N[C@H](Cc1ccccc1)C(=O)NCC(N)=O.CCCCN. The summed E-state index contributed by atoms with van der Waals surface area (Å²) in [6, 6.07) is 19.2. The maximum absolute atomic E-state index is 14.4. The number of primary amides is 1. The van der Waals surface area contributed by atoms with Crippen molar-refractivity contribution in [3.63, 3.8) is 0 Å². The molecule has 24 nitrogen and oxygen atoms in total. The lowest BCUT2D eigenvalue weighted by atomic mass is 10.0. The van der Waals surface area contributed by atoms with Gasteiger partial charge in [-0.15, -0.1) is 0 Å². The van der Waals surface area contributed by atoms with Crippen LogP contribution in [0.2, 0.25) is 0 Å². The zero-order valence-corrected chi connectivity index (χ0v) is 44.4. The molecule has 26 heteroatoms. The van der Waals surface area contributed by atoms with E-state index in [1.165, 1.54) is 56.6 Å². The Labute approximate surface area is 455 Å². The summed E-state index contributed by atoms with van der Waals surface area (Å²) in [5, 5.41) is 22.8. The Morgan fingerprint density at radius 3 is 1.99 bits per heavy atom. The van der Waals surface area contributed by atoms with Crippen LogP contribution in [0.5, 0.6) is 5.75 Å². The predicted octanol–water partition coefficient (Wildman–Crippen LogP) is 0.00720. The number of nitrogens with one attached hydrogen (secondary N) is 9. The fraction of sp³-hybridized carbons (Fsp3) is 0.321. The molecule has 6 rings (SSSR count). The van der Waals surface area contributed by atoms with Crippen molar-refractivity contribution in [2.24, 2.45) is 17.2 Å². The molecule has 2 aromatic heterocycles. The molecule has 79 heavy (non-hydrogen) atoms. The first-order valence-corrected chi connectivity index (χ1v) is 26.6. The van der Waals surface area contributed by atoms with Gasteiger partial charge >= 0.3 is 0 Å². The molecule has 4 aromatic carbocycles. The maximum Gasteiger partial charge on any atom is 0.297 e. The zero-order chi connectivity index (χ0) is 57.5. The van der Waals surface area contributed by atoms with Gasteiger partial charge in [0.25, 0.3) is 16.1 Å². The highest BCUT2D eigenvalue weighted by molar-refractivity contribution is 7.87. The number of hydrogen-bond donors (Lipinski definition) is 13. The highest BCUT2D eigenvalue weighted by atomic mass is 32.2. The van der Waals surface area contributed by atoms with E-state index in [9.17, 15) is 51.5 Å². The van der Waals surface area contributed by atoms with Crippen LogP contribution in [0.1, 0.15) is 54.6 Å². The van der Waals surface area contributed by atoms with Gasteiger partial charge in [0.15, 0.2) is 0 Å². The summed E-state index contributed by atoms with van der Waals surface area (Å²) >= 11 is 0. The van der Waals surface area contributed by atoms with Crippen molar-refractivity contribution in [3.05, 3.63) is 156 Å². The van der Waals surface area contributed by atoms with Crippen molar-refractivity contribution < 1.29 is 51.5 Å². The minimum atomic E-state index is -4.92. The number of amides is 7. The van der Waals surface area contributed by atoms with Crippen molar-refractivity contribution in [2.45, 2.75) is 89.1 Å². The van der Waals surface area contributed by atoms with E-state index in [0.29, 0.717) is 37.7 Å². The molecule has 422 valence electrons. The van der Waals surface area contributed by atoms with Crippen LogP contribution in [0, 0.1) is 5.82 Å². The fourth-order valence-electron chi connectivity index (χ4n) is 7.67. The number of carbonyl (C=O) groups is 7. The van der Waals surface area contributed by atoms with Crippen LogP contribution in [0.15, 0.2) is 122 Å². The molecule has 0 saturated carbocycles. The Morgan fingerprint density at radius 1 is 0.709 bits per heavy atom. The first-order valence-electron chi connectivity index (χ1n) is 25.1. The van der Waals surface area contributed by atoms with Crippen LogP contribution >= 0.6 is 0 Å². The Bertz CT molecular complexity index is 3070. The number of para-hydroxylation sites is 1. The van der Waals surface area contributed by atoms with Crippen molar-refractivity contribution >= 4 is 62.5 Å². The van der Waals surface area contributed by atoms with E-state index >= 15 is 0 Å². The van der Waals surface area contributed by atoms with E-state index < -0.39 is 107 Å². The normalized spacial score (nSPS) is 13.1. The van der Waals surface area contributed by atoms with Crippen molar-refractivity contribution in [2.75, 3.05) is 19.6 Å². The van der Waals surface area contributed by atoms with Gasteiger partial charge in [0, 0.05) is 41.8 Å². The smallest absolute Gasteiger partial charge is 0.297 e. The summed E-state index contributed by atoms with van der Waals surface area (Å²) in [7, 11) is -4.92. The topological polar surface area (TPSA) is 384 Å². The van der Waals surface area contributed by atoms with Gasteiger partial charge in [-0.05, 0) is 85.3 Å². The van der Waals surface area contributed by atoms with Crippen LogP contribution in [-0.4, -0.2) is 124 Å². The second-order valence-corrected chi connectivity index (χ2v) is 19.9. The van der Waals surface area contributed by atoms with Gasteiger partial charge in [0.05, 0.1) is 32.0 Å². The van der Waals surface area contributed by atoms with Gasteiger partial charge < -0.3 is 58.9 Å². The van der Waals surface area contributed by atoms with Gasteiger partial charge in [0.2, 0.25) is 35.4 Å². The van der Waals surface area contributed by atoms with Crippen LogP contribution < -0.4 is 53.9 Å². The fourth-order valence-corrected chi connectivity index (χ4v) is 8.88. The van der Waals surface area contributed by atoms with Gasteiger partial charge in [-0.2, -0.15) is 13.1 Å². The Hall–Kier alpha value is -8.56. The lowest BCUT2D eigenvalue weighted by molar-refractivity contribution is -0.134. The number of aromatic nitrogens is 3. The number of phenols is 1. The lowest BCUT2D eigenvalue weighted by Gasteiger charge is -2.28. The van der Waals surface area contributed by atoms with E-state index in [1.807, 2.05) is 0 Å². The molecule has 0 aliphatic heterocycles. The molecule has 6 aromatic rings. The summed E-state index contributed by atoms with van der Waals surface area (Å²) in [6.07, 6.45) is 6.37. The second kappa shape index (κ2) is 30.4. The first-order chi connectivity index (χ1) is 37.7. The van der Waals surface area contributed by atoms with Crippen LogP contribution in [-0.2, 0) is 76.0 Å². The monoisotopic (exact) mass is 1110 g/mol. The number of rotatable bonds is 28. The Balaban J connectivity index is 0.00000219. The number of hydrogen-bond acceptors (Lipinski definition) is 13. The minimum Gasteiger partial charge on any atom is -0.508 e. The number of H-pyrrole nitrogens is 2. The molecular formula is C53H67FN14O10S. The number of aromatic hydroxyl groups is 1. The molecule has 0 bridgehead atoms. The van der Waals surface area contributed by atoms with Crippen LogP contribution in [0.3, 0.4) is 0 Å². The molecule has 7 amide bonds. The molecule has 0 fully saturated rings. The average molecular weight is 1110 g/mol. The summed E-state index contributed by atoms with van der Waals surface area (Å²) in [5.41, 5.74) is 21.8. The van der Waals surface area contributed by atoms with E-state index in [0.717, 1.165) is 18.7 Å². The quantitative estimate of drug-likeness (QED) is 0.0288. The Morgan fingerprint density at radius 2 is 1.34 bits per heavy atom. The summed E-state index contributed by atoms with van der Waals surface area (Å²) in [4.78, 5) is 104. The van der Waals surface area contributed by atoms with E-state index in [4.69, 9.17) is 17.2 Å². The molecular weight excluding hydrogens is 1040 g/mol. The Kier molecular flexibility index (Phi) is 23.6. The summed E-state index contributed by atoms with van der Waals surface area (Å²) in [5.74, 6) is -6.72. The van der Waals surface area contributed by atoms with Gasteiger partial charge in [-0.3, -0.25) is 39.0 Å². The maximum atomic E-state index is 14.4. The third kappa shape index (κ3) is 20.1. The molecule has 0 radical (unpaired) electrons. The number of carbonyl (C=O) groups excluding carboxylic acids is 7. The molecule has 0 aliphatic carbocycles. The number of aromatic amines is 2. The van der Waals surface area contributed by atoms with E-state index in [1.54, 1.807) is 72.9 Å². The van der Waals surface area contributed by atoms with Gasteiger partial charge in [0.1, 0.15) is 35.7 Å². The molecule has 0 spiro atoms. The number of fused-ring (bicyclic) bond motifs is 1. The number of hydrazine groups is 1. The first kappa shape index (κ1) is 61.3. The van der Waals surface area contributed by atoms with Crippen molar-refractivity contribution in [1.29, 1.82) is 0 Å². The number of nitrogens with two attached hydrogens (primary N) is 3. The summed E-state index contributed by atoms with van der Waals surface area (Å²) < 4.78 is 45.1. The number of phenolic OH excluding ortho intramolecular Hbond substituents is 1. The highest BCUT2D eigenvalue weighted by Gasteiger charge is 2.34. The number of unbranched alkanes of at least 4 members (excludes halogenated alkanes) is 1. The predicted molar refractivity (Wildman–Crippen MR) is 291 cm³/mol. The van der Waals surface area contributed by atoms with Gasteiger partial charge in [-0.25, -0.2) is 9.37 Å². The minimum absolute atomic E-state index is 0.0337. The third-order valence-corrected chi connectivity index (χ3v) is 13.3. The van der Waals surface area contributed by atoms with Crippen LogP contribution in [0.25, 0.3) is 10.9 Å². The second-order valence-electron chi connectivity index (χ2n) is 18.3. The molecule has 4 unspecified atom stereocenters. The largest absolute Gasteiger partial charge is 0.508 e. The number of nitrogens with zero attached hydrogens (tertiary/aromatic N) is 2. The molecule has 0 aliphatic rings. The number of imidazole rings is 1. The summed E-state index contributed by atoms with van der Waals surface area (Å²) in [6.45, 7) is 2.42. The van der Waals surface area contributed by atoms with E-state index in [-0.39, 0.29) is 37.0 Å². The highest BCUT2D eigenvalue weighted by Crippen LogP contribution is 2.20. The van der Waals surface area contributed by atoms with Crippen molar-refractivity contribution in [1.82, 2.24) is 56.1 Å².